The molecule has 1 aromatic heterocycles. The quantitative estimate of drug-likeness (QED) is 0.886. The highest BCUT2D eigenvalue weighted by Crippen LogP contribution is 2.29. The van der Waals surface area contributed by atoms with E-state index in [9.17, 15) is 18.0 Å². The second-order valence-electron chi connectivity index (χ2n) is 6.18. The van der Waals surface area contributed by atoms with Crippen LogP contribution in [0.25, 0.3) is 0 Å². The van der Waals surface area contributed by atoms with Gasteiger partial charge in [0.25, 0.3) is 0 Å². The first-order valence-electron chi connectivity index (χ1n) is 8.41. The van der Waals surface area contributed by atoms with Gasteiger partial charge in [-0.2, -0.15) is 13.2 Å². The molecule has 8 heteroatoms. The van der Waals surface area contributed by atoms with E-state index in [2.05, 4.69) is 20.2 Å². The average Bonchev–Trinajstić information content (AvgIpc) is 3.14. The van der Waals surface area contributed by atoms with Gasteiger partial charge in [-0.25, -0.2) is 9.97 Å². The van der Waals surface area contributed by atoms with E-state index in [1.165, 1.54) is 12.1 Å². The van der Waals surface area contributed by atoms with E-state index in [0.717, 1.165) is 43.9 Å². The number of hydrogen-bond donors (Lipinski definition) is 1. The molecular formula is C18H19F3N4O. The summed E-state index contributed by atoms with van der Waals surface area (Å²) < 4.78 is 38.2. The Morgan fingerprint density at radius 3 is 2.69 bits per heavy atom. The van der Waals surface area contributed by atoms with Crippen molar-refractivity contribution >= 4 is 11.7 Å². The van der Waals surface area contributed by atoms with E-state index in [1.54, 1.807) is 6.20 Å². The SMILES string of the molecule is O=C(Cc1cccc(C(F)(F)F)c1)NCc1nccc(N2CCCC2)n1. The number of anilines is 1. The van der Waals surface area contributed by atoms with Crippen LogP contribution in [0.1, 0.15) is 29.8 Å². The minimum atomic E-state index is -4.42. The van der Waals surface area contributed by atoms with Crippen LogP contribution in [-0.2, 0) is 23.9 Å². The molecule has 3 rings (SSSR count). The summed E-state index contributed by atoms with van der Waals surface area (Å²) in [5, 5.41) is 2.66. The standard InChI is InChI=1S/C18H19F3N4O/c19-18(20,21)14-5-3-4-13(10-14)11-17(26)23-12-15-22-7-6-16(24-15)25-8-1-2-9-25/h3-7,10H,1-2,8-9,11-12H2,(H,23,26). The Labute approximate surface area is 149 Å². The minimum absolute atomic E-state index is 0.129. The van der Waals surface area contributed by atoms with Gasteiger partial charge in [-0.15, -0.1) is 0 Å². The van der Waals surface area contributed by atoms with Gasteiger partial charge in [0.15, 0.2) is 0 Å². The van der Waals surface area contributed by atoms with Gasteiger partial charge in [0.05, 0.1) is 18.5 Å². The van der Waals surface area contributed by atoms with E-state index in [0.29, 0.717) is 11.4 Å². The number of nitrogens with zero attached hydrogens (tertiary/aromatic N) is 3. The van der Waals surface area contributed by atoms with E-state index in [-0.39, 0.29) is 18.9 Å². The number of amides is 1. The molecule has 1 fully saturated rings. The number of benzene rings is 1. The predicted molar refractivity (Wildman–Crippen MR) is 90.5 cm³/mol. The van der Waals surface area contributed by atoms with Crippen molar-refractivity contribution in [2.24, 2.45) is 0 Å². The lowest BCUT2D eigenvalue weighted by molar-refractivity contribution is -0.137. The third-order valence-electron chi connectivity index (χ3n) is 4.18. The van der Waals surface area contributed by atoms with Gasteiger partial charge >= 0.3 is 6.18 Å². The fourth-order valence-electron chi connectivity index (χ4n) is 2.88. The maximum absolute atomic E-state index is 12.7. The van der Waals surface area contributed by atoms with Crippen LogP contribution in [0.3, 0.4) is 0 Å². The van der Waals surface area contributed by atoms with Crippen molar-refractivity contribution < 1.29 is 18.0 Å². The number of rotatable bonds is 5. The summed E-state index contributed by atoms with van der Waals surface area (Å²) in [6.45, 7) is 2.05. The van der Waals surface area contributed by atoms with Gasteiger partial charge < -0.3 is 10.2 Å². The lowest BCUT2D eigenvalue weighted by Crippen LogP contribution is -2.26. The topological polar surface area (TPSA) is 58.1 Å². The Morgan fingerprint density at radius 2 is 1.96 bits per heavy atom. The van der Waals surface area contributed by atoms with Crippen LogP contribution in [-0.4, -0.2) is 29.0 Å². The Balaban J connectivity index is 1.57. The molecular weight excluding hydrogens is 345 g/mol. The second kappa shape index (κ2) is 7.72. The van der Waals surface area contributed by atoms with Crippen molar-refractivity contribution in [1.82, 2.24) is 15.3 Å². The van der Waals surface area contributed by atoms with Crippen LogP contribution in [0.2, 0.25) is 0 Å². The predicted octanol–water partition coefficient (Wildman–Crippen LogP) is 2.95. The fourth-order valence-corrected chi connectivity index (χ4v) is 2.88. The molecule has 138 valence electrons. The zero-order valence-corrected chi connectivity index (χ0v) is 14.1. The molecule has 0 unspecified atom stereocenters. The number of halogens is 3. The normalized spacial score (nSPS) is 14.5. The van der Waals surface area contributed by atoms with Crippen molar-refractivity contribution in [3.8, 4) is 0 Å². The summed E-state index contributed by atoms with van der Waals surface area (Å²) in [5.74, 6) is 0.936. The molecule has 2 aromatic rings. The third-order valence-corrected chi connectivity index (χ3v) is 4.18. The van der Waals surface area contributed by atoms with E-state index in [4.69, 9.17) is 0 Å². The highest BCUT2D eigenvalue weighted by atomic mass is 19.4. The summed E-state index contributed by atoms with van der Waals surface area (Å²) in [6.07, 6.45) is -0.638. The number of aromatic nitrogens is 2. The van der Waals surface area contributed by atoms with E-state index in [1.807, 2.05) is 6.07 Å². The fraction of sp³-hybridized carbons (Fsp3) is 0.389. The average molecular weight is 364 g/mol. The molecule has 1 N–H and O–H groups in total. The van der Waals surface area contributed by atoms with Crippen molar-refractivity contribution in [2.75, 3.05) is 18.0 Å². The maximum Gasteiger partial charge on any atom is 0.416 e. The monoisotopic (exact) mass is 364 g/mol. The number of hydrogen-bond acceptors (Lipinski definition) is 4. The Morgan fingerprint density at radius 1 is 1.19 bits per heavy atom. The zero-order chi connectivity index (χ0) is 18.6. The minimum Gasteiger partial charge on any atom is -0.357 e. The molecule has 0 spiro atoms. The summed E-state index contributed by atoms with van der Waals surface area (Å²) in [4.78, 5) is 22.8. The molecule has 1 amide bonds. The summed E-state index contributed by atoms with van der Waals surface area (Å²) in [7, 11) is 0. The summed E-state index contributed by atoms with van der Waals surface area (Å²) in [6, 6.07) is 6.61. The highest BCUT2D eigenvalue weighted by molar-refractivity contribution is 5.78. The number of nitrogens with one attached hydrogen (secondary N) is 1. The Hall–Kier alpha value is -2.64. The first-order valence-corrected chi connectivity index (χ1v) is 8.41. The smallest absolute Gasteiger partial charge is 0.357 e. The van der Waals surface area contributed by atoms with E-state index >= 15 is 0 Å². The molecule has 5 nitrogen and oxygen atoms in total. The first-order chi connectivity index (χ1) is 12.4. The lowest BCUT2D eigenvalue weighted by atomic mass is 10.1. The molecule has 0 radical (unpaired) electrons. The summed E-state index contributed by atoms with van der Waals surface area (Å²) in [5.41, 5.74) is -0.450. The van der Waals surface area contributed by atoms with Gasteiger partial charge in [0, 0.05) is 19.3 Å². The number of carbonyl (C=O) groups is 1. The highest BCUT2D eigenvalue weighted by Gasteiger charge is 2.30. The van der Waals surface area contributed by atoms with E-state index < -0.39 is 11.7 Å². The first kappa shape index (κ1) is 18.2. The molecule has 1 aliphatic heterocycles. The van der Waals surface area contributed by atoms with Gasteiger partial charge in [0.2, 0.25) is 5.91 Å². The Bertz CT molecular complexity index is 773. The number of carbonyl (C=O) groups excluding carboxylic acids is 1. The molecule has 0 saturated carbocycles. The lowest BCUT2D eigenvalue weighted by Gasteiger charge is -2.16. The molecule has 1 aromatic carbocycles. The molecule has 0 atom stereocenters. The van der Waals surface area contributed by atoms with Crippen LogP contribution in [0.4, 0.5) is 19.0 Å². The van der Waals surface area contributed by atoms with Crippen molar-refractivity contribution in [2.45, 2.75) is 32.0 Å². The van der Waals surface area contributed by atoms with Crippen LogP contribution in [0, 0.1) is 0 Å². The van der Waals surface area contributed by atoms with Crippen LogP contribution in [0.5, 0.6) is 0 Å². The maximum atomic E-state index is 12.7. The molecule has 1 aliphatic rings. The van der Waals surface area contributed by atoms with Crippen molar-refractivity contribution in [1.29, 1.82) is 0 Å². The van der Waals surface area contributed by atoms with Crippen molar-refractivity contribution in [3.05, 3.63) is 53.5 Å². The second-order valence-corrected chi connectivity index (χ2v) is 6.18. The van der Waals surface area contributed by atoms with Crippen molar-refractivity contribution in [3.63, 3.8) is 0 Å². The van der Waals surface area contributed by atoms with Gasteiger partial charge in [-0.1, -0.05) is 18.2 Å². The van der Waals surface area contributed by atoms with Crippen LogP contribution < -0.4 is 10.2 Å². The van der Waals surface area contributed by atoms with Gasteiger partial charge in [0.1, 0.15) is 11.6 Å². The van der Waals surface area contributed by atoms with Gasteiger partial charge in [-0.3, -0.25) is 4.79 Å². The summed E-state index contributed by atoms with van der Waals surface area (Å²) >= 11 is 0. The molecule has 0 bridgehead atoms. The Kier molecular flexibility index (Phi) is 5.39. The molecule has 26 heavy (non-hydrogen) atoms. The zero-order valence-electron chi connectivity index (χ0n) is 14.1. The largest absolute Gasteiger partial charge is 0.416 e. The molecule has 2 heterocycles. The van der Waals surface area contributed by atoms with Crippen LogP contribution in [0.15, 0.2) is 36.5 Å². The molecule has 0 aliphatic carbocycles. The number of alkyl halides is 3. The third kappa shape index (κ3) is 4.71. The molecule has 1 saturated heterocycles. The van der Waals surface area contributed by atoms with Crippen LogP contribution >= 0.6 is 0 Å². The van der Waals surface area contributed by atoms with Gasteiger partial charge in [-0.05, 0) is 30.5 Å².